The number of hydrogen-bond donors (Lipinski definition) is 3. The molecule has 0 radical (unpaired) electrons. The van der Waals surface area contributed by atoms with E-state index in [0.717, 1.165) is 0 Å². The van der Waals surface area contributed by atoms with E-state index in [2.05, 4.69) is 16.1 Å². The van der Waals surface area contributed by atoms with Crippen LogP contribution in [-0.2, 0) is 14.3 Å². The number of aliphatic hydroxyl groups is 3. The lowest BCUT2D eigenvalue weighted by Crippen LogP contribution is -2.08. The lowest BCUT2D eigenvalue weighted by atomic mass is 10.4. The summed E-state index contributed by atoms with van der Waals surface area (Å²) in [6.45, 7) is 5.51. The average Bonchev–Trinajstić information content (AvgIpc) is 2.27. The maximum absolute atomic E-state index is 10.5. The molecule has 0 aromatic rings. The number of rotatable bonds is 7. The largest absolute Gasteiger partial charge is 0.460 e. The molecule has 16 heavy (non-hydrogen) atoms. The highest BCUT2D eigenvalue weighted by atomic mass is 16.5. The van der Waals surface area contributed by atoms with E-state index in [1.54, 1.807) is 6.92 Å². The summed E-state index contributed by atoms with van der Waals surface area (Å²) >= 11 is 0. The highest BCUT2D eigenvalue weighted by Gasteiger charge is 1.99. The third-order valence-corrected chi connectivity index (χ3v) is 1.14. The van der Waals surface area contributed by atoms with Crippen molar-refractivity contribution in [3.63, 3.8) is 0 Å². The summed E-state index contributed by atoms with van der Waals surface area (Å²) in [5.41, 5.74) is 0.350. The zero-order chi connectivity index (χ0) is 12.8. The van der Waals surface area contributed by atoms with Crippen LogP contribution in [0, 0.1) is 0 Å². The van der Waals surface area contributed by atoms with Crippen molar-refractivity contribution in [2.75, 3.05) is 39.6 Å². The van der Waals surface area contributed by atoms with Crippen molar-refractivity contribution in [1.82, 2.24) is 0 Å². The molecule has 0 heterocycles. The van der Waals surface area contributed by atoms with Crippen LogP contribution in [0.2, 0.25) is 0 Å². The fourth-order valence-electron chi connectivity index (χ4n) is 0.493. The second-order valence-corrected chi connectivity index (χ2v) is 2.70. The molecule has 0 unspecified atom stereocenters. The predicted molar refractivity (Wildman–Crippen MR) is 57.8 cm³/mol. The van der Waals surface area contributed by atoms with Gasteiger partial charge in [-0.2, -0.15) is 0 Å². The van der Waals surface area contributed by atoms with Crippen LogP contribution in [0.3, 0.4) is 0 Å². The fourth-order valence-corrected chi connectivity index (χ4v) is 0.493. The minimum Gasteiger partial charge on any atom is -0.460 e. The van der Waals surface area contributed by atoms with Gasteiger partial charge < -0.3 is 24.8 Å². The van der Waals surface area contributed by atoms with Crippen LogP contribution in [-0.4, -0.2) is 60.9 Å². The van der Waals surface area contributed by atoms with E-state index in [9.17, 15) is 4.79 Å². The van der Waals surface area contributed by atoms with Gasteiger partial charge in [-0.05, 0) is 6.92 Å². The van der Waals surface area contributed by atoms with Crippen molar-refractivity contribution in [2.24, 2.45) is 0 Å². The van der Waals surface area contributed by atoms with Gasteiger partial charge in [-0.25, -0.2) is 4.79 Å². The molecule has 0 aromatic carbocycles. The second-order valence-electron chi connectivity index (χ2n) is 2.70. The predicted octanol–water partition coefficient (Wildman–Crippen LogP) is -0.914. The van der Waals surface area contributed by atoms with E-state index in [1.807, 2.05) is 0 Å². The lowest BCUT2D eigenvalue weighted by Gasteiger charge is -1.99. The van der Waals surface area contributed by atoms with Crippen molar-refractivity contribution < 1.29 is 29.6 Å². The molecule has 96 valence electrons. The summed E-state index contributed by atoms with van der Waals surface area (Å²) in [4.78, 5) is 10.5. The van der Waals surface area contributed by atoms with Gasteiger partial charge in [0.1, 0.15) is 6.61 Å². The molecule has 0 bridgehead atoms. The summed E-state index contributed by atoms with van der Waals surface area (Å²) in [6.07, 6.45) is 0. The van der Waals surface area contributed by atoms with Crippen LogP contribution in [0.15, 0.2) is 12.2 Å². The van der Waals surface area contributed by atoms with Gasteiger partial charge in [-0.1, -0.05) is 6.58 Å². The Balaban J connectivity index is 0. The van der Waals surface area contributed by atoms with Crippen LogP contribution in [0.1, 0.15) is 6.92 Å². The van der Waals surface area contributed by atoms with Crippen molar-refractivity contribution in [3.05, 3.63) is 12.2 Å². The summed E-state index contributed by atoms with van der Waals surface area (Å²) in [6, 6.07) is 0. The Bertz CT molecular complexity index is 176. The Labute approximate surface area is 95.1 Å². The van der Waals surface area contributed by atoms with Crippen LogP contribution < -0.4 is 0 Å². The number of esters is 1. The first-order chi connectivity index (χ1) is 7.59. The molecule has 0 spiro atoms. The molecule has 0 aromatic heterocycles. The first-order valence-corrected chi connectivity index (χ1v) is 4.83. The average molecular weight is 236 g/mol. The Morgan fingerprint density at radius 3 is 1.81 bits per heavy atom. The van der Waals surface area contributed by atoms with Crippen molar-refractivity contribution >= 4 is 5.97 Å². The quantitative estimate of drug-likeness (QED) is 0.301. The molecule has 3 N–H and O–H groups in total. The van der Waals surface area contributed by atoms with E-state index < -0.39 is 5.97 Å². The van der Waals surface area contributed by atoms with E-state index in [0.29, 0.717) is 18.8 Å². The maximum atomic E-state index is 10.5. The monoisotopic (exact) mass is 236 g/mol. The van der Waals surface area contributed by atoms with Crippen LogP contribution in [0.25, 0.3) is 0 Å². The number of aliphatic hydroxyl groups excluding tert-OH is 3. The molecule has 0 fully saturated rings. The van der Waals surface area contributed by atoms with Gasteiger partial charge in [-0.15, -0.1) is 0 Å². The van der Waals surface area contributed by atoms with Crippen LogP contribution in [0.5, 0.6) is 0 Å². The maximum Gasteiger partial charge on any atom is 0.333 e. The standard InChI is InChI=1S/C6H10O3.C4H10O3/c1-5(2)6(8)9-4-3-7;5-1-3-7-4-2-6/h7H,1,3-4H2,2H3;5-6H,1-4H2. The lowest BCUT2D eigenvalue weighted by molar-refractivity contribution is -0.139. The topological polar surface area (TPSA) is 96.2 Å². The number of carbonyl (C=O) groups excluding carboxylic acids is 1. The zero-order valence-electron chi connectivity index (χ0n) is 9.52. The molecule has 0 saturated heterocycles. The minimum atomic E-state index is -0.455. The van der Waals surface area contributed by atoms with Gasteiger partial charge in [0.15, 0.2) is 0 Å². The van der Waals surface area contributed by atoms with Gasteiger partial charge in [0.2, 0.25) is 0 Å². The first-order valence-electron chi connectivity index (χ1n) is 4.83. The summed E-state index contributed by atoms with van der Waals surface area (Å²) in [7, 11) is 0. The minimum absolute atomic E-state index is 0.0278. The molecular weight excluding hydrogens is 216 g/mol. The molecular formula is C10H20O6. The molecule has 0 aliphatic rings. The van der Waals surface area contributed by atoms with Gasteiger partial charge >= 0.3 is 5.97 Å². The number of hydrogen-bond acceptors (Lipinski definition) is 6. The second kappa shape index (κ2) is 14.1. The van der Waals surface area contributed by atoms with Crippen molar-refractivity contribution in [3.8, 4) is 0 Å². The smallest absolute Gasteiger partial charge is 0.333 e. The molecule has 0 saturated carbocycles. The highest BCUT2D eigenvalue weighted by molar-refractivity contribution is 5.86. The van der Waals surface area contributed by atoms with Crippen LogP contribution >= 0.6 is 0 Å². The SMILES string of the molecule is C=C(C)C(=O)OCCO.OCCOCCO. The van der Waals surface area contributed by atoms with Crippen molar-refractivity contribution in [1.29, 1.82) is 0 Å². The first kappa shape index (κ1) is 17.4. The highest BCUT2D eigenvalue weighted by Crippen LogP contribution is 1.89. The summed E-state index contributed by atoms with van der Waals surface area (Å²) < 4.78 is 9.10. The van der Waals surface area contributed by atoms with Gasteiger partial charge in [0.25, 0.3) is 0 Å². The molecule has 0 aliphatic carbocycles. The molecule has 0 rings (SSSR count). The molecule has 0 atom stereocenters. The molecule has 0 amide bonds. The van der Waals surface area contributed by atoms with Gasteiger partial charge in [0.05, 0.1) is 33.0 Å². The number of ether oxygens (including phenoxy) is 2. The van der Waals surface area contributed by atoms with E-state index in [1.165, 1.54) is 0 Å². The fraction of sp³-hybridized carbons (Fsp3) is 0.700. The van der Waals surface area contributed by atoms with E-state index in [4.69, 9.17) is 15.3 Å². The Morgan fingerprint density at radius 1 is 1.06 bits per heavy atom. The number of carbonyl (C=O) groups is 1. The van der Waals surface area contributed by atoms with Crippen molar-refractivity contribution in [2.45, 2.75) is 6.92 Å². The third-order valence-electron chi connectivity index (χ3n) is 1.14. The summed E-state index contributed by atoms with van der Waals surface area (Å²) in [5.74, 6) is -0.455. The third kappa shape index (κ3) is 15.5. The molecule has 6 nitrogen and oxygen atoms in total. The molecule has 6 heteroatoms. The van der Waals surface area contributed by atoms with E-state index in [-0.39, 0.29) is 26.4 Å². The Hall–Kier alpha value is -0.950. The van der Waals surface area contributed by atoms with E-state index >= 15 is 0 Å². The normalized spacial score (nSPS) is 9.00. The Kier molecular flexibility index (Phi) is 15.3. The summed E-state index contributed by atoms with van der Waals surface area (Å²) in [5, 5.41) is 24.4. The van der Waals surface area contributed by atoms with Crippen LogP contribution in [0.4, 0.5) is 0 Å². The van der Waals surface area contributed by atoms with Gasteiger partial charge in [0, 0.05) is 5.57 Å². The molecule has 0 aliphatic heterocycles. The Morgan fingerprint density at radius 2 is 1.50 bits per heavy atom. The van der Waals surface area contributed by atoms with Gasteiger partial charge in [-0.3, -0.25) is 0 Å². The zero-order valence-corrected chi connectivity index (χ0v) is 9.52.